The number of rotatable bonds is 7. The van der Waals surface area contributed by atoms with Crippen molar-refractivity contribution in [1.29, 1.82) is 0 Å². The van der Waals surface area contributed by atoms with E-state index in [0.717, 1.165) is 42.9 Å². The highest BCUT2D eigenvalue weighted by Gasteiger charge is 2.21. The van der Waals surface area contributed by atoms with Crippen LogP contribution < -0.4 is 9.64 Å². The van der Waals surface area contributed by atoms with E-state index in [1.807, 2.05) is 30.1 Å². The summed E-state index contributed by atoms with van der Waals surface area (Å²) >= 11 is 1.82. The Morgan fingerprint density at radius 3 is 2.43 bits per heavy atom. The van der Waals surface area contributed by atoms with Gasteiger partial charge in [-0.2, -0.15) is 9.97 Å². The normalized spacial score (nSPS) is 15.1. The lowest BCUT2D eigenvalue weighted by Gasteiger charge is -2.35. The van der Waals surface area contributed by atoms with Crippen LogP contribution >= 0.6 is 11.9 Å². The van der Waals surface area contributed by atoms with Crippen LogP contribution in [-0.2, 0) is 4.74 Å². The summed E-state index contributed by atoms with van der Waals surface area (Å²) in [5.41, 5.74) is 0.904. The Kier molecular flexibility index (Phi) is 6.26. The molecule has 0 bridgehead atoms. The molecule has 1 aliphatic heterocycles. The summed E-state index contributed by atoms with van der Waals surface area (Å²) in [7, 11) is 1.66. The smallest absolute Gasteiger partial charge is 0.319 e. The third-order valence-corrected chi connectivity index (χ3v) is 5.70. The van der Waals surface area contributed by atoms with Gasteiger partial charge < -0.3 is 14.4 Å². The summed E-state index contributed by atoms with van der Waals surface area (Å²) in [4.78, 5) is 12.9. The Morgan fingerprint density at radius 1 is 0.893 bits per heavy atom. The van der Waals surface area contributed by atoms with Crippen molar-refractivity contribution >= 4 is 28.7 Å². The fourth-order valence-corrected chi connectivity index (χ4v) is 4.11. The molecule has 28 heavy (non-hydrogen) atoms. The zero-order valence-electron chi connectivity index (χ0n) is 16.0. The molecule has 7 heteroatoms. The van der Waals surface area contributed by atoms with Gasteiger partial charge in [-0.05, 0) is 36.2 Å². The van der Waals surface area contributed by atoms with E-state index in [1.165, 1.54) is 4.90 Å². The third kappa shape index (κ3) is 4.55. The maximum Gasteiger partial charge on any atom is 0.319 e. The summed E-state index contributed by atoms with van der Waals surface area (Å²) < 4.78 is 13.2. The molecule has 0 N–H and O–H groups in total. The lowest BCUT2D eigenvalue weighted by Crippen LogP contribution is -2.43. The van der Waals surface area contributed by atoms with Crippen molar-refractivity contribution in [1.82, 2.24) is 14.3 Å². The second kappa shape index (κ2) is 9.23. The van der Waals surface area contributed by atoms with Crippen LogP contribution in [0.3, 0.4) is 0 Å². The molecule has 0 amide bonds. The molecule has 1 aromatic heterocycles. The Labute approximate surface area is 169 Å². The highest BCUT2D eigenvalue weighted by Crippen LogP contribution is 2.29. The van der Waals surface area contributed by atoms with E-state index in [2.05, 4.69) is 50.6 Å². The SMILES string of the molecule is COCCOc1nc(N2CCN(Sc3ccccc3)CC2)c2ccccc2n1. The van der Waals surface area contributed by atoms with E-state index in [-0.39, 0.29) is 0 Å². The minimum atomic E-state index is 0.409. The van der Waals surface area contributed by atoms with Crippen LogP contribution in [-0.4, -0.2) is 60.8 Å². The van der Waals surface area contributed by atoms with Gasteiger partial charge in [-0.15, -0.1) is 0 Å². The maximum absolute atomic E-state index is 5.70. The zero-order chi connectivity index (χ0) is 19.2. The first-order chi connectivity index (χ1) is 13.8. The van der Waals surface area contributed by atoms with Crippen molar-refractivity contribution in [2.24, 2.45) is 0 Å². The van der Waals surface area contributed by atoms with Crippen LogP contribution in [0.2, 0.25) is 0 Å². The average molecular weight is 397 g/mol. The number of fused-ring (bicyclic) bond motifs is 1. The summed E-state index contributed by atoms with van der Waals surface area (Å²) in [5, 5.41) is 1.06. The van der Waals surface area contributed by atoms with Gasteiger partial charge in [-0.1, -0.05) is 30.3 Å². The van der Waals surface area contributed by atoms with Crippen LogP contribution in [0.25, 0.3) is 10.9 Å². The molecule has 1 saturated heterocycles. The number of hydrogen-bond donors (Lipinski definition) is 0. The molecule has 1 fully saturated rings. The molecule has 0 saturated carbocycles. The average Bonchev–Trinajstić information content (AvgIpc) is 2.75. The molecule has 0 aliphatic carbocycles. The molecule has 0 radical (unpaired) electrons. The first kappa shape index (κ1) is 19.0. The van der Waals surface area contributed by atoms with Crippen LogP contribution in [0, 0.1) is 0 Å². The van der Waals surface area contributed by atoms with Crippen molar-refractivity contribution < 1.29 is 9.47 Å². The van der Waals surface area contributed by atoms with Crippen molar-refractivity contribution in [3.63, 3.8) is 0 Å². The second-order valence-electron chi connectivity index (χ2n) is 6.51. The minimum absolute atomic E-state index is 0.409. The van der Waals surface area contributed by atoms with Crippen LogP contribution in [0.15, 0.2) is 59.5 Å². The van der Waals surface area contributed by atoms with Gasteiger partial charge in [-0.3, -0.25) is 0 Å². The molecule has 0 spiro atoms. The van der Waals surface area contributed by atoms with Crippen LogP contribution in [0.1, 0.15) is 0 Å². The topological polar surface area (TPSA) is 50.7 Å². The second-order valence-corrected chi connectivity index (χ2v) is 7.68. The predicted molar refractivity (Wildman–Crippen MR) is 113 cm³/mol. The fourth-order valence-electron chi connectivity index (χ4n) is 3.18. The zero-order valence-corrected chi connectivity index (χ0v) is 16.8. The van der Waals surface area contributed by atoms with E-state index in [0.29, 0.717) is 19.2 Å². The summed E-state index contributed by atoms with van der Waals surface area (Å²) in [6, 6.07) is 19.0. The van der Waals surface area contributed by atoms with E-state index in [4.69, 9.17) is 14.5 Å². The number of ether oxygens (including phenoxy) is 2. The monoisotopic (exact) mass is 396 g/mol. The van der Waals surface area contributed by atoms with Crippen molar-refractivity contribution in [2.45, 2.75) is 4.90 Å². The fraction of sp³-hybridized carbons (Fsp3) is 0.333. The number of para-hydroxylation sites is 1. The van der Waals surface area contributed by atoms with Crippen LogP contribution in [0.5, 0.6) is 6.01 Å². The standard InChI is InChI=1S/C21H24N4O2S/c1-26-15-16-27-21-22-19-10-6-5-9-18(19)20(23-21)24-11-13-25(14-12-24)28-17-7-3-2-4-8-17/h2-10H,11-16H2,1H3. The lowest BCUT2D eigenvalue weighted by molar-refractivity contribution is 0.141. The van der Waals surface area contributed by atoms with Gasteiger partial charge in [0.2, 0.25) is 0 Å². The van der Waals surface area contributed by atoms with E-state index in [1.54, 1.807) is 7.11 Å². The number of anilines is 1. The molecule has 3 aromatic rings. The molecule has 2 aromatic carbocycles. The Balaban J connectivity index is 1.49. The number of aromatic nitrogens is 2. The molecular weight excluding hydrogens is 372 g/mol. The van der Waals surface area contributed by atoms with Gasteiger partial charge in [0.15, 0.2) is 0 Å². The Morgan fingerprint density at radius 2 is 1.64 bits per heavy atom. The van der Waals surface area contributed by atoms with E-state index >= 15 is 0 Å². The number of methoxy groups -OCH3 is 1. The lowest BCUT2D eigenvalue weighted by atomic mass is 10.2. The Bertz CT molecular complexity index is 901. The predicted octanol–water partition coefficient (Wildman–Crippen LogP) is 3.48. The summed E-state index contributed by atoms with van der Waals surface area (Å²) in [6.45, 7) is 4.73. The van der Waals surface area contributed by atoms with Gasteiger partial charge in [0.05, 0.1) is 12.1 Å². The first-order valence-electron chi connectivity index (χ1n) is 9.45. The van der Waals surface area contributed by atoms with Gasteiger partial charge >= 0.3 is 6.01 Å². The van der Waals surface area contributed by atoms with Crippen LogP contribution in [0.4, 0.5) is 5.82 Å². The largest absolute Gasteiger partial charge is 0.461 e. The molecule has 4 rings (SSSR count). The highest BCUT2D eigenvalue weighted by molar-refractivity contribution is 7.97. The molecule has 0 atom stereocenters. The number of piperazine rings is 1. The van der Waals surface area contributed by atoms with Gasteiger partial charge in [0.1, 0.15) is 12.4 Å². The molecule has 2 heterocycles. The number of hydrogen-bond acceptors (Lipinski definition) is 7. The third-order valence-electron chi connectivity index (χ3n) is 4.60. The van der Waals surface area contributed by atoms with Crippen molar-refractivity contribution in [3.8, 4) is 6.01 Å². The minimum Gasteiger partial charge on any atom is -0.461 e. The highest BCUT2D eigenvalue weighted by atomic mass is 32.2. The maximum atomic E-state index is 5.70. The summed E-state index contributed by atoms with van der Waals surface area (Å²) in [5.74, 6) is 0.947. The first-order valence-corrected chi connectivity index (χ1v) is 10.2. The van der Waals surface area contributed by atoms with E-state index < -0.39 is 0 Å². The van der Waals surface area contributed by atoms with Gasteiger partial charge in [0, 0.05) is 43.6 Å². The molecular formula is C21H24N4O2S. The van der Waals surface area contributed by atoms with Gasteiger partial charge in [-0.25, -0.2) is 4.31 Å². The van der Waals surface area contributed by atoms with Crippen molar-refractivity contribution in [2.75, 3.05) is 51.4 Å². The summed E-state index contributed by atoms with van der Waals surface area (Å²) in [6.07, 6.45) is 0. The Hall–Kier alpha value is -2.35. The number of nitrogens with zero attached hydrogens (tertiary/aromatic N) is 4. The molecule has 0 unspecified atom stereocenters. The molecule has 6 nitrogen and oxygen atoms in total. The molecule has 146 valence electrons. The van der Waals surface area contributed by atoms with E-state index in [9.17, 15) is 0 Å². The van der Waals surface area contributed by atoms with Gasteiger partial charge in [0.25, 0.3) is 0 Å². The quantitative estimate of drug-likeness (QED) is 0.448. The van der Waals surface area contributed by atoms with Crippen molar-refractivity contribution in [3.05, 3.63) is 54.6 Å². The molecule has 1 aliphatic rings. The number of benzene rings is 2.